The second-order valence-corrected chi connectivity index (χ2v) is 5.13. The van der Waals surface area contributed by atoms with Gasteiger partial charge in [-0.05, 0) is 42.3 Å². The number of rotatable bonds is 1. The van der Waals surface area contributed by atoms with Gasteiger partial charge < -0.3 is 10.6 Å². The molecule has 0 fully saturated rings. The van der Waals surface area contributed by atoms with Crippen LogP contribution in [-0.4, -0.2) is 12.5 Å². The molecule has 0 spiro atoms. The molecule has 0 unspecified atom stereocenters. The Bertz CT molecular complexity index is 702. The monoisotopic (exact) mass is 290 g/mol. The van der Waals surface area contributed by atoms with Crippen LogP contribution in [0.25, 0.3) is 0 Å². The quantitative estimate of drug-likeness (QED) is 0.819. The molecule has 0 aliphatic carbocycles. The minimum Gasteiger partial charge on any atom is -0.399 e. The van der Waals surface area contributed by atoms with Gasteiger partial charge in [0.2, 0.25) is 0 Å². The second kappa shape index (κ2) is 4.80. The molecule has 1 amide bonds. The summed E-state index contributed by atoms with van der Waals surface area (Å²) in [6.45, 7) is 0.526. The standard InChI is InChI=1S/C15H12ClFN2O/c16-13-8-11(18)3-4-12(13)15(20)19-6-5-9-1-2-10(17)7-14(9)19/h1-4,7-8H,5-6,18H2. The smallest absolute Gasteiger partial charge is 0.259 e. The van der Waals surface area contributed by atoms with E-state index in [1.165, 1.54) is 18.2 Å². The zero-order valence-corrected chi connectivity index (χ0v) is 11.3. The van der Waals surface area contributed by atoms with E-state index in [0.29, 0.717) is 34.9 Å². The Morgan fingerprint density at radius 1 is 1.25 bits per heavy atom. The summed E-state index contributed by atoms with van der Waals surface area (Å²) < 4.78 is 13.4. The highest BCUT2D eigenvalue weighted by Gasteiger charge is 2.27. The predicted octanol–water partition coefficient (Wildman–Crippen LogP) is 3.26. The zero-order valence-electron chi connectivity index (χ0n) is 10.6. The fraction of sp³-hybridized carbons (Fsp3) is 0.133. The molecular weight excluding hydrogens is 279 g/mol. The summed E-state index contributed by atoms with van der Waals surface area (Å²) in [6.07, 6.45) is 0.716. The Labute approximate surface area is 120 Å². The molecule has 1 aliphatic heterocycles. The van der Waals surface area contributed by atoms with E-state index in [4.69, 9.17) is 17.3 Å². The summed E-state index contributed by atoms with van der Waals surface area (Å²) in [4.78, 5) is 14.1. The summed E-state index contributed by atoms with van der Waals surface area (Å²) in [5.41, 5.74) is 8.07. The van der Waals surface area contributed by atoms with Crippen LogP contribution in [0.4, 0.5) is 15.8 Å². The molecule has 0 saturated heterocycles. The van der Waals surface area contributed by atoms with Crippen LogP contribution >= 0.6 is 11.6 Å². The third-order valence-electron chi connectivity index (χ3n) is 3.41. The first-order valence-electron chi connectivity index (χ1n) is 6.21. The maximum atomic E-state index is 13.4. The highest BCUT2D eigenvalue weighted by atomic mass is 35.5. The normalized spacial score (nSPS) is 13.4. The number of carbonyl (C=O) groups excluding carboxylic acids is 1. The van der Waals surface area contributed by atoms with Gasteiger partial charge in [-0.15, -0.1) is 0 Å². The fourth-order valence-corrected chi connectivity index (χ4v) is 2.68. The fourth-order valence-electron chi connectivity index (χ4n) is 2.41. The summed E-state index contributed by atoms with van der Waals surface area (Å²) in [5, 5.41) is 0.305. The van der Waals surface area contributed by atoms with Crippen molar-refractivity contribution >= 4 is 28.9 Å². The van der Waals surface area contributed by atoms with Crippen molar-refractivity contribution in [2.45, 2.75) is 6.42 Å². The molecule has 0 atom stereocenters. The van der Waals surface area contributed by atoms with E-state index in [0.717, 1.165) is 5.56 Å². The molecule has 5 heteroatoms. The van der Waals surface area contributed by atoms with Gasteiger partial charge in [-0.1, -0.05) is 17.7 Å². The largest absolute Gasteiger partial charge is 0.399 e. The predicted molar refractivity (Wildman–Crippen MR) is 77.6 cm³/mol. The molecular formula is C15H12ClFN2O. The van der Waals surface area contributed by atoms with Gasteiger partial charge in [0, 0.05) is 12.2 Å². The number of hydrogen-bond acceptors (Lipinski definition) is 2. The number of fused-ring (bicyclic) bond motifs is 1. The molecule has 2 aromatic carbocycles. The lowest BCUT2D eigenvalue weighted by Gasteiger charge is -2.18. The third kappa shape index (κ3) is 2.12. The number of amides is 1. The van der Waals surface area contributed by atoms with Crippen LogP contribution in [0.5, 0.6) is 0 Å². The van der Waals surface area contributed by atoms with E-state index < -0.39 is 0 Å². The van der Waals surface area contributed by atoms with Crippen LogP contribution < -0.4 is 10.6 Å². The molecule has 0 aromatic heterocycles. The number of nitrogens with two attached hydrogens (primary N) is 1. The van der Waals surface area contributed by atoms with E-state index >= 15 is 0 Å². The van der Waals surface area contributed by atoms with Crippen molar-refractivity contribution in [3.63, 3.8) is 0 Å². The van der Waals surface area contributed by atoms with Crippen molar-refractivity contribution in [3.05, 3.63) is 58.4 Å². The molecule has 2 aromatic rings. The molecule has 2 N–H and O–H groups in total. The van der Waals surface area contributed by atoms with Crippen LogP contribution in [0.2, 0.25) is 5.02 Å². The SMILES string of the molecule is Nc1ccc(C(=O)N2CCc3ccc(F)cc32)c(Cl)c1. The summed E-state index contributed by atoms with van der Waals surface area (Å²) in [5.74, 6) is -0.591. The lowest BCUT2D eigenvalue weighted by molar-refractivity contribution is 0.0989. The van der Waals surface area contributed by atoms with Gasteiger partial charge in [0.25, 0.3) is 5.91 Å². The van der Waals surface area contributed by atoms with Gasteiger partial charge in [-0.3, -0.25) is 4.79 Å². The molecule has 1 aliphatic rings. The average Bonchev–Trinajstić information content (AvgIpc) is 2.81. The van der Waals surface area contributed by atoms with Crippen LogP contribution in [-0.2, 0) is 6.42 Å². The molecule has 3 rings (SSSR count). The number of halogens is 2. The highest BCUT2D eigenvalue weighted by Crippen LogP contribution is 2.31. The van der Waals surface area contributed by atoms with Crippen LogP contribution in [0, 0.1) is 5.82 Å². The Hall–Kier alpha value is -2.07. The topological polar surface area (TPSA) is 46.3 Å². The third-order valence-corrected chi connectivity index (χ3v) is 3.72. The number of carbonyl (C=O) groups is 1. The molecule has 102 valence electrons. The minimum atomic E-state index is -0.355. The Balaban J connectivity index is 1.99. The van der Waals surface area contributed by atoms with Crippen LogP contribution in [0.3, 0.4) is 0 Å². The number of hydrogen-bond donors (Lipinski definition) is 1. The maximum Gasteiger partial charge on any atom is 0.259 e. The van der Waals surface area contributed by atoms with Gasteiger partial charge in [0.1, 0.15) is 5.82 Å². The Morgan fingerprint density at radius 3 is 2.80 bits per heavy atom. The number of anilines is 2. The minimum absolute atomic E-state index is 0.237. The highest BCUT2D eigenvalue weighted by molar-refractivity contribution is 6.34. The van der Waals surface area contributed by atoms with E-state index in [9.17, 15) is 9.18 Å². The number of benzene rings is 2. The maximum absolute atomic E-state index is 13.4. The first-order chi connectivity index (χ1) is 9.56. The Kier molecular flexibility index (Phi) is 3.10. The molecule has 20 heavy (non-hydrogen) atoms. The Morgan fingerprint density at radius 2 is 2.05 bits per heavy atom. The van der Waals surface area contributed by atoms with Gasteiger partial charge in [0.05, 0.1) is 16.3 Å². The van der Waals surface area contributed by atoms with E-state index in [2.05, 4.69) is 0 Å². The van der Waals surface area contributed by atoms with Gasteiger partial charge in [0.15, 0.2) is 0 Å². The average molecular weight is 291 g/mol. The number of nitrogen functional groups attached to an aromatic ring is 1. The summed E-state index contributed by atoms with van der Waals surface area (Å²) >= 11 is 6.06. The molecule has 0 saturated carbocycles. The second-order valence-electron chi connectivity index (χ2n) is 4.72. The van der Waals surface area contributed by atoms with Crippen molar-refractivity contribution in [2.75, 3.05) is 17.2 Å². The number of nitrogens with zero attached hydrogens (tertiary/aromatic N) is 1. The van der Waals surface area contributed by atoms with E-state index in [-0.39, 0.29) is 11.7 Å². The summed E-state index contributed by atoms with van der Waals surface area (Å²) in [6, 6.07) is 9.26. The van der Waals surface area contributed by atoms with Gasteiger partial charge in [-0.2, -0.15) is 0 Å². The zero-order chi connectivity index (χ0) is 14.3. The molecule has 3 nitrogen and oxygen atoms in total. The van der Waals surface area contributed by atoms with Crippen LogP contribution in [0.1, 0.15) is 15.9 Å². The molecule has 1 heterocycles. The van der Waals surface area contributed by atoms with Crippen molar-refractivity contribution < 1.29 is 9.18 Å². The van der Waals surface area contributed by atoms with Crippen molar-refractivity contribution in [1.29, 1.82) is 0 Å². The van der Waals surface area contributed by atoms with Gasteiger partial charge >= 0.3 is 0 Å². The van der Waals surface area contributed by atoms with Crippen molar-refractivity contribution in [3.8, 4) is 0 Å². The van der Waals surface area contributed by atoms with E-state index in [1.807, 2.05) is 0 Å². The van der Waals surface area contributed by atoms with E-state index in [1.54, 1.807) is 23.1 Å². The lowest BCUT2D eigenvalue weighted by Crippen LogP contribution is -2.29. The van der Waals surface area contributed by atoms with Crippen molar-refractivity contribution in [2.24, 2.45) is 0 Å². The molecule has 0 bridgehead atoms. The molecule has 0 radical (unpaired) electrons. The van der Waals surface area contributed by atoms with Gasteiger partial charge in [-0.25, -0.2) is 4.39 Å². The lowest BCUT2D eigenvalue weighted by atomic mass is 10.1. The summed E-state index contributed by atoms with van der Waals surface area (Å²) in [7, 11) is 0. The van der Waals surface area contributed by atoms with Crippen molar-refractivity contribution in [1.82, 2.24) is 0 Å². The van der Waals surface area contributed by atoms with Crippen LogP contribution in [0.15, 0.2) is 36.4 Å². The first-order valence-corrected chi connectivity index (χ1v) is 6.59. The first kappa shape index (κ1) is 12.9.